The van der Waals surface area contributed by atoms with Gasteiger partial charge in [-0.25, -0.2) is 0 Å². The minimum Gasteiger partial charge on any atom is -0.353 e. The van der Waals surface area contributed by atoms with E-state index in [9.17, 15) is 4.79 Å². The van der Waals surface area contributed by atoms with Crippen LogP contribution in [0.2, 0.25) is 0 Å². The third-order valence-electron chi connectivity index (χ3n) is 5.12. The fourth-order valence-electron chi connectivity index (χ4n) is 3.64. The summed E-state index contributed by atoms with van der Waals surface area (Å²) in [5.41, 5.74) is 5.83. The molecule has 3 aliphatic carbocycles. The number of rotatable bonds is 5. The Kier molecular flexibility index (Phi) is 3.60. The molecule has 0 radical (unpaired) electrons. The Bertz CT molecular complexity index is 298. The molecule has 3 aliphatic rings. The molecule has 3 saturated carbocycles. The predicted octanol–water partition coefficient (Wildman–Crippen LogP) is 2.06. The zero-order valence-electron chi connectivity index (χ0n) is 11.2. The van der Waals surface area contributed by atoms with Crippen molar-refractivity contribution in [2.75, 3.05) is 6.54 Å². The number of amides is 1. The van der Waals surface area contributed by atoms with E-state index >= 15 is 0 Å². The zero-order chi connectivity index (χ0) is 12.5. The Morgan fingerprint density at radius 1 is 1.06 bits per heavy atom. The van der Waals surface area contributed by atoms with Gasteiger partial charge in [0.1, 0.15) is 0 Å². The van der Waals surface area contributed by atoms with E-state index in [0.717, 1.165) is 24.7 Å². The highest BCUT2D eigenvalue weighted by atomic mass is 16.2. The van der Waals surface area contributed by atoms with Crippen molar-refractivity contribution >= 4 is 5.91 Å². The first-order valence-corrected chi connectivity index (χ1v) is 7.80. The smallest absolute Gasteiger partial charge is 0.223 e. The molecular formula is C15H26N2O. The molecule has 3 nitrogen and oxygen atoms in total. The molecule has 3 rings (SSSR count). The molecule has 1 amide bonds. The van der Waals surface area contributed by atoms with Crippen molar-refractivity contribution in [3.05, 3.63) is 0 Å². The molecule has 0 saturated heterocycles. The quantitative estimate of drug-likeness (QED) is 0.784. The third-order valence-corrected chi connectivity index (χ3v) is 5.12. The molecule has 0 aromatic heterocycles. The minimum absolute atomic E-state index is 0.198. The van der Waals surface area contributed by atoms with Gasteiger partial charge in [0.2, 0.25) is 5.91 Å². The summed E-state index contributed by atoms with van der Waals surface area (Å²) in [6.45, 7) is 0.676. The summed E-state index contributed by atoms with van der Waals surface area (Å²) in [5, 5.41) is 3.38. The monoisotopic (exact) mass is 250 g/mol. The Labute approximate surface area is 110 Å². The molecule has 2 atom stereocenters. The van der Waals surface area contributed by atoms with Crippen LogP contribution in [-0.2, 0) is 4.79 Å². The molecule has 0 bridgehead atoms. The summed E-state index contributed by atoms with van der Waals surface area (Å²) < 4.78 is 0. The molecule has 102 valence electrons. The van der Waals surface area contributed by atoms with Gasteiger partial charge in [-0.15, -0.1) is 0 Å². The van der Waals surface area contributed by atoms with Crippen LogP contribution in [0.15, 0.2) is 0 Å². The number of nitrogens with one attached hydrogen (secondary N) is 1. The highest BCUT2D eigenvalue weighted by Gasteiger charge is 2.43. The zero-order valence-corrected chi connectivity index (χ0v) is 11.2. The Hall–Kier alpha value is -0.570. The fourth-order valence-corrected chi connectivity index (χ4v) is 3.64. The maximum absolute atomic E-state index is 12.5. The Balaban J connectivity index is 1.58. The van der Waals surface area contributed by atoms with E-state index in [1.807, 2.05) is 0 Å². The van der Waals surface area contributed by atoms with Crippen LogP contribution in [0.3, 0.4) is 0 Å². The molecule has 0 aromatic rings. The maximum atomic E-state index is 12.5. The van der Waals surface area contributed by atoms with Gasteiger partial charge in [-0.1, -0.05) is 12.8 Å². The third kappa shape index (κ3) is 2.71. The molecule has 3 fully saturated rings. The van der Waals surface area contributed by atoms with E-state index in [1.165, 1.54) is 38.5 Å². The van der Waals surface area contributed by atoms with E-state index in [1.54, 1.807) is 0 Å². The summed E-state index contributed by atoms with van der Waals surface area (Å²) in [5.74, 6) is 2.53. The highest BCUT2D eigenvalue weighted by Crippen LogP contribution is 2.44. The summed E-state index contributed by atoms with van der Waals surface area (Å²) in [4.78, 5) is 12.5. The van der Waals surface area contributed by atoms with E-state index in [-0.39, 0.29) is 5.92 Å². The van der Waals surface area contributed by atoms with Gasteiger partial charge in [0.05, 0.1) is 0 Å². The van der Waals surface area contributed by atoms with Crippen molar-refractivity contribution in [2.24, 2.45) is 29.4 Å². The molecule has 0 aliphatic heterocycles. The van der Waals surface area contributed by atoms with Gasteiger partial charge in [0.15, 0.2) is 0 Å². The first-order valence-electron chi connectivity index (χ1n) is 7.80. The van der Waals surface area contributed by atoms with Crippen molar-refractivity contribution < 1.29 is 4.79 Å². The van der Waals surface area contributed by atoms with Crippen LogP contribution >= 0.6 is 0 Å². The lowest BCUT2D eigenvalue weighted by atomic mass is 9.78. The lowest BCUT2D eigenvalue weighted by Gasteiger charge is -2.31. The summed E-state index contributed by atoms with van der Waals surface area (Å²) in [6, 6.07) is 0.498. The Morgan fingerprint density at radius 2 is 1.67 bits per heavy atom. The van der Waals surface area contributed by atoms with E-state index in [4.69, 9.17) is 5.73 Å². The molecule has 0 heterocycles. The molecule has 18 heavy (non-hydrogen) atoms. The van der Waals surface area contributed by atoms with Crippen LogP contribution < -0.4 is 11.1 Å². The van der Waals surface area contributed by atoms with Gasteiger partial charge < -0.3 is 11.1 Å². The maximum Gasteiger partial charge on any atom is 0.223 e. The summed E-state index contributed by atoms with van der Waals surface area (Å²) in [6.07, 6.45) is 9.95. The van der Waals surface area contributed by atoms with Crippen LogP contribution in [-0.4, -0.2) is 18.5 Å². The highest BCUT2D eigenvalue weighted by molar-refractivity contribution is 5.79. The normalized spacial score (nSPS) is 32.6. The lowest BCUT2D eigenvalue weighted by molar-refractivity contribution is -0.128. The van der Waals surface area contributed by atoms with Crippen LogP contribution in [0.1, 0.15) is 51.4 Å². The van der Waals surface area contributed by atoms with E-state index in [0.29, 0.717) is 24.4 Å². The SMILES string of the molecule is NCC1CCCCC1C(=O)NC(C1CC1)C1CC1. The van der Waals surface area contributed by atoms with E-state index < -0.39 is 0 Å². The number of carbonyl (C=O) groups excluding carboxylic acids is 1. The van der Waals surface area contributed by atoms with Crippen LogP contribution in [0.5, 0.6) is 0 Å². The summed E-state index contributed by atoms with van der Waals surface area (Å²) in [7, 11) is 0. The summed E-state index contributed by atoms with van der Waals surface area (Å²) >= 11 is 0. The number of nitrogens with two attached hydrogens (primary N) is 1. The van der Waals surface area contributed by atoms with Crippen molar-refractivity contribution in [1.82, 2.24) is 5.32 Å². The lowest BCUT2D eigenvalue weighted by Crippen LogP contribution is -2.45. The van der Waals surface area contributed by atoms with Gasteiger partial charge in [0.25, 0.3) is 0 Å². The van der Waals surface area contributed by atoms with Gasteiger partial charge in [0, 0.05) is 12.0 Å². The minimum atomic E-state index is 0.198. The van der Waals surface area contributed by atoms with Gasteiger partial charge >= 0.3 is 0 Å². The molecule has 0 spiro atoms. The van der Waals surface area contributed by atoms with Gasteiger partial charge in [-0.2, -0.15) is 0 Å². The largest absolute Gasteiger partial charge is 0.353 e. The van der Waals surface area contributed by atoms with Crippen molar-refractivity contribution in [3.8, 4) is 0 Å². The number of hydrogen-bond acceptors (Lipinski definition) is 2. The van der Waals surface area contributed by atoms with Gasteiger partial charge in [-0.3, -0.25) is 4.79 Å². The second kappa shape index (κ2) is 5.20. The predicted molar refractivity (Wildman–Crippen MR) is 71.9 cm³/mol. The number of hydrogen-bond donors (Lipinski definition) is 2. The average molecular weight is 250 g/mol. The molecule has 3 N–H and O–H groups in total. The van der Waals surface area contributed by atoms with Crippen molar-refractivity contribution in [3.63, 3.8) is 0 Å². The molecule has 3 heteroatoms. The fraction of sp³-hybridized carbons (Fsp3) is 0.933. The second-order valence-corrected chi connectivity index (χ2v) is 6.60. The first kappa shape index (κ1) is 12.5. The molecule has 2 unspecified atom stereocenters. The Morgan fingerprint density at radius 3 is 2.22 bits per heavy atom. The first-order chi connectivity index (χ1) is 8.79. The topological polar surface area (TPSA) is 55.1 Å². The average Bonchev–Trinajstić information content (AvgIpc) is 3.29. The van der Waals surface area contributed by atoms with Crippen LogP contribution in [0, 0.1) is 23.7 Å². The second-order valence-electron chi connectivity index (χ2n) is 6.60. The number of carbonyl (C=O) groups is 1. The van der Waals surface area contributed by atoms with Crippen molar-refractivity contribution in [1.29, 1.82) is 0 Å². The van der Waals surface area contributed by atoms with Crippen LogP contribution in [0.4, 0.5) is 0 Å². The molecular weight excluding hydrogens is 224 g/mol. The molecule has 0 aromatic carbocycles. The standard InChI is InChI=1S/C15H26N2O/c16-9-12-3-1-2-4-13(12)15(18)17-14(10-5-6-10)11-7-8-11/h10-14H,1-9,16H2,(H,17,18). The van der Waals surface area contributed by atoms with Gasteiger partial charge in [-0.05, 0) is 62.8 Å². The van der Waals surface area contributed by atoms with Crippen molar-refractivity contribution in [2.45, 2.75) is 57.4 Å². The van der Waals surface area contributed by atoms with Crippen LogP contribution in [0.25, 0.3) is 0 Å². The van der Waals surface area contributed by atoms with E-state index in [2.05, 4.69) is 5.32 Å².